The van der Waals surface area contributed by atoms with Crippen molar-refractivity contribution in [2.45, 2.75) is 31.7 Å². The molecule has 2 aromatic rings. The molecule has 1 aliphatic rings. The third kappa shape index (κ3) is 3.24. The zero-order valence-corrected chi connectivity index (χ0v) is 15.8. The smallest absolute Gasteiger partial charge is 0.245 e. The summed E-state index contributed by atoms with van der Waals surface area (Å²) in [6.45, 7) is 5.44. The summed E-state index contributed by atoms with van der Waals surface area (Å²) >= 11 is 0. The van der Waals surface area contributed by atoms with Crippen LogP contribution in [0, 0.1) is 19.7 Å². The molecular weight excluding hydrogens is 355 g/mol. The summed E-state index contributed by atoms with van der Waals surface area (Å²) in [5.74, 6) is -0.928. The van der Waals surface area contributed by atoms with Gasteiger partial charge in [0, 0.05) is 13.1 Å². The number of nitrogens with zero attached hydrogens (tertiary/aromatic N) is 2. The van der Waals surface area contributed by atoms with Crippen LogP contribution in [0.25, 0.3) is 0 Å². The van der Waals surface area contributed by atoms with E-state index < -0.39 is 27.8 Å². The van der Waals surface area contributed by atoms with Gasteiger partial charge >= 0.3 is 0 Å². The number of hydrogen-bond acceptors (Lipinski definition) is 3. The Morgan fingerprint density at radius 1 is 1.00 bits per heavy atom. The summed E-state index contributed by atoms with van der Waals surface area (Å²) in [5, 5.41) is 0. The van der Waals surface area contributed by atoms with Crippen LogP contribution in [0.2, 0.25) is 0 Å². The average molecular weight is 376 g/mol. The Bertz CT molecular complexity index is 942. The Kier molecular flexibility index (Phi) is 4.86. The maximum absolute atomic E-state index is 14.2. The number of carbonyl (C=O) groups is 1. The molecule has 7 heteroatoms. The standard InChI is InChI=1S/C19H21FN2O3S/c1-13-4-7-16(8-5-13)26(24,25)22-11-10-21(19(23)15(22)3)18-12-14(2)6-9-17(18)20/h4-9,12,15H,10-11H2,1-3H3. The maximum Gasteiger partial charge on any atom is 0.245 e. The predicted molar refractivity (Wildman–Crippen MR) is 98.0 cm³/mol. The van der Waals surface area contributed by atoms with Crippen molar-refractivity contribution >= 4 is 21.6 Å². The van der Waals surface area contributed by atoms with Crippen LogP contribution in [0.3, 0.4) is 0 Å². The third-order valence-corrected chi connectivity index (χ3v) is 6.60. The zero-order chi connectivity index (χ0) is 19.1. The molecule has 0 aromatic heterocycles. The predicted octanol–water partition coefficient (Wildman–Crippen LogP) is 2.87. The molecule has 138 valence electrons. The van der Waals surface area contributed by atoms with Crippen LogP contribution in [0.5, 0.6) is 0 Å². The fourth-order valence-corrected chi connectivity index (χ4v) is 4.67. The summed E-state index contributed by atoms with van der Waals surface area (Å²) in [7, 11) is -3.79. The summed E-state index contributed by atoms with van der Waals surface area (Å²) in [4.78, 5) is 14.3. The van der Waals surface area contributed by atoms with E-state index in [-0.39, 0.29) is 23.7 Å². The molecule has 0 aliphatic carbocycles. The van der Waals surface area contributed by atoms with E-state index in [9.17, 15) is 17.6 Å². The fraction of sp³-hybridized carbons (Fsp3) is 0.316. The van der Waals surface area contributed by atoms with Gasteiger partial charge in [0.2, 0.25) is 15.9 Å². The minimum Gasteiger partial charge on any atom is -0.307 e. The van der Waals surface area contributed by atoms with Gasteiger partial charge in [-0.15, -0.1) is 0 Å². The number of amides is 1. The van der Waals surface area contributed by atoms with E-state index in [0.29, 0.717) is 0 Å². The molecule has 0 radical (unpaired) electrons. The number of carbonyl (C=O) groups excluding carboxylic acids is 1. The highest BCUT2D eigenvalue weighted by atomic mass is 32.2. The Balaban J connectivity index is 1.90. The van der Waals surface area contributed by atoms with Gasteiger partial charge in [-0.05, 0) is 50.6 Å². The number of rotatable bonds is 3. The Labute approximate surface area is 153 Å². The summed E-state index contributed by atoms with van der Waals surface area (Å²) < 4.78 is 41.1. The monoisotopic (exact) mass is 376 g/mol. The quantitative estimate of drug-likeness (QED) is 0.828. The number of sulfonamides is 1. The molecule has 1 aliphatic heterocycles. The van der Waals surface area contributed by atoms with Gasteiger partial charge in [-0.2, -0.15) is 4.31 Å². The second-order valence-electron chi connectivity index (χ2n) is 6.55. The molecule has 0 saturated carbocycles. The lowest BCUT2D eigenvalue weighted by atomic mass is 10.1. The van der Waals surface area contributed by atoms with Gasteiger partial charge in [-0.3, -0.25) is 4.79 Å². The molecule has 5 nitrogen and oxygen atoms in total. The number of hydrogen-bond donors (Lipinski definition) is 0. The second-order valence-corrected chi connectivity index (χ2v) is 8.44. The molecule has 1 heterocycles. The highest BCUT2D eigenvalue weighted by molar-refractivity contribution is 7.89. The molecular formula is C19H21FN2O3S. The highest BCUT2D eigenvalue weighted by Gasteiger charge is 2.40. The maximum atomic E-state index is 14.2. The number of benzene rings is 2. The van der Waals surface area contributed by atoms with Crippen molar-refractivity contribution in [3.05, 3.63) is 59.4 Å². The lowest BCUT2D eigenvalue weighted by Crippen LogP contribution is -2.57. The average Bonchev–Trinajstić information content (AvgIpc) is 2.60. The molecule has 1 unspecified atom stereocenters. The molecule has 0 N–H and O–H groups in total. The van der Waals surface area contributed by atoms with Gasteiger partial charge in [0.1, 0.15) is 11.9 Å². The molecule has 26 heavy (non-hydrogen) atoms. The van der Waals surface area contributed by atoms with E-state index in [1.54, 1.807) is 24.3 Å². The van der Waals surface area contributed by atoms with E-state index >= 15 is 0 Å². The van der Waals surface area contributed by atoms with Crippen LogP contribution in [0.1, 0.15) is 18.1 Å². The van der Waals surface area contributed by atoms with E-state index in [1.165, 1.54) is 34.3 Å². The topological polar surface area (TPSA) is 57.7 Å². The SMILES string of the molecule is Cc1ccc(S(=O)(=O)N2CCN(c3cc(C)ccc3F)C(=O)C2C)cc1. The first kappa shape index (κ1) is 18.5. The Hall–Kier alpha value is -2.25. The number of aryl methyl sites for hydroxylation is 2. The van der Waals surface area contributed by atoms with Crippen molar-refractivity contribution in [3.8, 4) is 0 Å². The molecule has 3 rings (SSSR count). The number of halogens is 1. The van der Waals surface area contributed by atoms with Crippen molar-refractivity contribution in [2.24, 2.45) is 0 Å². The van der Waals surface area contributed by atoms with Gasteiger partial charge in [-0.25, -0.2) is 12.8 Å². The molecule has 0 bridgehead atoms. The van der Waals surface area contributed by atoms with Crippen molar-refractivity contribution in [3.63, 3.8) is 0 Å². The van der Waals surface area contributed by atoms with Gasteiger partial charge in [0.15, 0.2) is 0 Å². The Morgan fingerprint density at radius 3 is 2.27 bits per heavy atom. The van der Waals surface area contributed by atoms with Crippen LogP contribution in [0.4, 0.5) is 10.1 Å². The van der Waals surface area contributed by atoms with Crippen LogP contribution in [-0.4, -0.2) is 37.8 Å². The van der Waals surface area contributed by atoms with Gasteiger partial charge in [0.05, 0.1) is 10.6 Å². The van der Waals surface area contributed by atoms with Crippen LogP contribution >= 0.6 is 0 Å². The van der Waals surface area contributed by atoms with Gasteiger partial charge < -0.3 is 4.90 Å². The lowest BCUT2D eigenvalue weighted by Gasteiger charge is -2.38. The number of anilines is 1. The van der Waals surface area contributed by atoms with Gasteiger partial charge in [0.25, 0.3) is 0 Å². The second kappa shape index (κ2) is 6.81. The van der Waals surface area contributed by atoms with E-state index in [1.807, 2.05) is 13.8 Å². The molecule has 1 amide bonds. The summed E-state index contributed by atoms with van der Waals surface area (Å²) in [6, 6.07) is 10.2. The largest absolute Gasteiger partial charge is 0.307 e. The Morgan fingerprint density at radius 2 is 1.62 bits per heavy atom. The minimum atomic E-state index is -3.79. The first-order chi connectivity index (χ1) is 12.2. The van der Waals surface area contributed by atoms with E-state index in [4.69, 9.17) is 0 Å². The summed E-state index contributed by atoms with van der Waals surface area (Å²) in [5.41, 5.74) is 1.97. The van der Waals surface area contributed by atoms with Crippen molar-refractivity contribution in [1.29, 1.82) is 0 Å². The normalized spacial score (nSPS) is 19.0. The molecule has 1 fully saturated rings. The third-order valence-electron chi connectivity index (χ3n) is 4.62. The van der Waals surface area contributed by atoms with E-state index in [2.05, 4.69) is 0 Å². The first-order valence-corrected chi connectivity index (χ1v) is 9.82. The van der Waals surface area contributed by atoms with Crippen molar-refractivity contribution < 1.29 is 17.6 Å². The van der Waals surface area contributed by atoms with Crippen LogP contribution in [-0.2, 0) is 14.8 Å². The number of piperazine rings is 1. The van der Waals surface area contributed by atoms with Gasteiger partial charge in [-0.1, -0.05) is 23.8 Å². The molecule has 2 aromatic carbocycles. The molecule has 1 atom stereocenters. The zero-order valence-electron chi connectivity index (χ0n) is 14.9. The lowest BCUT2D eigenvalue weighted by molar-refractivity contribution is -0.123. The van der Waals surface area contributed by atoms with Crippen molar-refractivity contribution in [2.75, 3.05) is 18.0 Å². The van der Waals surface area contributed by atoms with E-state index in [0.717, 1.165) is 11.1 Å². The highest BCUT2D eigenvalue weighted by Crippen LogP contribution is 2.28. The van der Waals surface area contributed by atoms with Crippen molar-refractivity contribution in [1.82, 2.24) is 4.31 Å². The summed E-state index contributed by atoms with van der Waals surface area (Å²) in [6.07, 6.45) is 0. The molecule has 0 spiro atoms. The van der Waals surface area contributed by atoms with Crippen LogP contribution in [0.15, 0.2) is 47.4 Å². The first-order valence-electron chi connectivity index (χ1n) is 8.38. The van der Waals surface area contributed by atoms with Crippen LogP contribution < -0.4 is 4.90 Å². The molecule has 1 saturated heterocycles. The minimum absolute atomic E-state index is 0.106. The fourth-order valence-electron chi connectivity index (χ4n) is 3.09.